The summed E-state index contributed by atoms with van der Waals surface area (Å²) in [6, 6.07) is 3.33. The molecule has 1 atom stereocenters. The Bertz CT molecular complexity index is 337. The summed E-state index contributed by atoms with van der Waals surface area (Å²) in [5.41, 5.74) is -0.306. The summed E-state index contributed by atoms with van der Waals surface area (Å²) in [7, 11) is 1.97. The van der Waals surface area contributed by atoms with Crippen molar-refractivity contribution >= 4 is 0 Å². The highest BCUT2D eigenvalue weighted by molar-refractivity contribution is 5.16. The number of nitriles is 1. The molecule has 2 rings (SSSR count). The monoisotopic (exact) mass is 277 g/mol. The molecular weight excluding hydrogens is 246 g/mol. The molecule has 0 saturated heterocycles. The Hall–Kier alpha value is -0.590. The van der Waals surface area contributed by atoms with Gasteiger partial charge in [0.25, 0.3) is 0 Å². The van der Waals surface area contributed by atoms with Crippen LogP contribution in [0.5, 0.6) is 0 Å². The molecule has 3 nitrogen and oxygen atoms in total. The molecule has 2 aliphatic carbocycles. The van der Waals surface area contributed by atoms with E-state index in [1.54, 1.807) is 0 Å². The number of hydrogen-bond acceptors (Lipinski definition) is 3. The zero-order valence-corrected chi connectivity index (χ0v) is 13.5. The second-order valence-corrected chi connectivity index (χ2v) is 7.20. The van der Waals surface area contributed by atoms with Gasteiger partial charge in [0.05, 0.1) is 6.07 Å². The van der Waals surface area contributed by atoms with Gasteiger partial charge in [-0.2, -0.15) is 5.26 Å². The van der Waals surface area contributed by atoms with E-state index in [-0.39, 0.29) is 5.54 Å². The van der Waals surface area contributed by atoms with Crippen LogP contribution in [0.4, 0.5) is 0 Å². The molecule has 0 aromatic carbocycles. The molecule has 0 heterocycles. The van der Waals surface area contributed by atoms with Crippen molar-refractivity contribution in [3.63, 3.8) is 0 Å². The number of nitrogens with zero attached hydrogens (tertiary/aromatic N) is 2. The first-order valence-electron chi connectivity index (χ1n) is 8.45. The Morgan fingerprint density at radius 2 is 1.90 bits per heavy atom. The topological polar surface area (TPSA) is 39.1 Å². The van der Waals surface area contributed by atoms with Crippen LogP contribution in [0.25, 0.3) is 0 Å². The van der Waals surface area contributed by atoms with Gasteiger partial charge in [-0.3, -0.25) is 4.90 Å². The number of nitrogens with one attached hydrogen (secondary N) is 1. The molecule has 1 N–H and O–H groups in total. The van der Waals surface area contributed by atoms with Crippen LogP contribution in [0.1, 0.15) is 58.8 Å². The average molecular weight is 277 g/mol. The molecule has 0 amide bonds. The molecule has 1 unspecified atom stereocenters. The Morgan fingerprint density at radius 3 is 2.35 bits per heavy atom. The van der Waals surface area contributed by atoms with Crippen LogP contribution < -0.4 is 5.32 Å². The van der Waals surface area contributed by atoms with Crippen LogP contribution in [0, 0.1) is 23.2 Å². The molecule has 0 aromatic rings. The Kier molecular flexibility index (Phi) is 5.46. The zero-order valence-electron chi connectivity index (χ0n) is 13.5. The molecule has 2 saturated carbocycles. The first kappa shape index (κ1) is 15.8. The van der Waals surface area contributed by atoms with Crippen molar-refractivity contribution in [2.75, 3.05) is 20.1 Å². The number of rotatable bonds is 8. The summed E-state index contributed by atoms with van der Waals surface area (Å²) < 4.78 is 0. The minimum Gasteiger partial charge on any atom is -0.301 e. The summed E-state index contributed by atoms with van der Waals surface area (Å²) in [4.78, 5) is 2.63. The maximum Gasteiger partial charge on any atom is 0.122 e. The Labute approximate surface area is 124 Å². The Balaban J connectivity index is 2.03. The molecule has 0 radical (unpaired) electrons. The second kappa shape index (κ2) is 6.91. The minimum absolute atomic E-state index is 0.306. The lowest BCUT2D eigenvalue weighted by molar-refractivity contribution is 0.142. The van der Waals surface area contributed by atoms with Gasteiger partial charge in [0.15, 0.2) is 0 Å². The summed E-state index contributed by atoms with van der Waals surface area (Å²) >= 11 is 0. The fourth-order valence-corrected chi connectivity index (χ4v) is 3.58. The summed E-state index contributed by atoms with van der Waals surface area (Å²) in [5.74, 6) is 1.31. The van der Waals surface area contributed by atoms with Crippen molar-refractivity contribution in [2.24, 2.45) is 11.8 Å². The second-order valence-electron chi connectivity index (χ2n) is 7.20. The standard InChI is InChI=1S/C17H31N3/c1-14(2)10-11-20(16-6-4-5-7-16)13-17(12-18,19-3)15-8-9-15/h14-16,19H,4-11,13H2,1-3H3. The van der Waals surface area contributed by atoms with Crippen molar-refractivity contribution in [3.8, 4) is 6.07 Å². The molecule has 114 valence electrons. The largest absolute Gasteiger partial charge is 0.301 e. The van der Waals surface area contributed by atoms with Crippen LogP contribution in [0.2, 0.25) is 0 Å². The predicted molar refractivity (Wildman–Crippen MR) is 83.4 cm³/mol. The van der Waals surface area contributed by atoms with E-state index in [0.717, 1.165) is 19.0 Å². The molecule has 2 fully saturated rings. The van der Waals surface area contributed by atoms with Gasteiger partial charge >= 0.3 is 0 Å². The fraction of sp³-hybridized carbons (Fsp3) is 0.941. The van der Waals surface area contributed by atoms with Gasteiger partial charge in [-0.15, -0.1) is 0 Å². The molecule has 3 heteroatoms. The van der Waals surface area contributed by atoms with Crippen molar-refractivity contribution in [3.05, 3.63) is 0 Å². The van der Waals surface area contributed by atoms with Crippen LogP contribution in [0.15, 0.2) is 0 Å². The third-order valence-electron chi connectivity index (χ3n) is 5.21. The summed E-state index contributed by atoms with van der Waals surface area (Å²) in [6.07, 6.45) is 9.07. The molecular formula is C17H31N3. The lowest BCUT2D eigenvalue weighted by atomic mass is 9.93. The number of likely N-dealkylation sites (N-methyl/N-ethyl adjacent to an activating group) is 1. The van der Waals surface area contributed by atoms with Crippen molar-refractivity contribution in [1.82, 2.24) is 10.2 Å². The van der Waals surface area contributed by atoms with E-state index in [2.05, 4.69) is 30.1 Å². The van der Waals surface area contributed by atoms with Gasteiger partial charge in [-0.25, -0.2) is 0 Å². The molecule has 0 bridgehead atoms. The van der Waals surface area contributed by atoms with Crippen molar-refractivity contribution in [1.29, 1.82) is 5.26 Å². The molecule has 0 spiro atoms. The first-order valence-corrected chi connectivity index (χ1v) is 8.45. The number of hydrogen-bond donors (Lipinski definition) is 1. The predicted octanol–water partition coefficient (Wildman–Crippen LogP) is 3.17. The third-order valence-corrected chi connectivity index (χ3v) is 5.21. The Morgan fingerprint density at radius 1 is 1.25 bits per heavy atom. The lowest BCUT2D eigenvalue weighted by Crippen LogP contribution is -2.55. The smallest absolute Gasteiger partial charge is 0.122 e. The van der Waals surface area contributed by atoms with Gasteiger partial charge < -0.3 is 5.32 Å². The average Bonchev–Trinajstić information content (AvgIpc) is 3.15. The van der Waals surface area contributed by atoms with Crippen LogP contribution in [-0.4, -0.2) is 36.6 Å². The van der Waals surface area contributed by atoms with Crippen LogP contribution >= 0.6 is 0 Å². The third kappa shape index (κ3) is 3.74. The maximum atomic E-state index is 9.72. The molecule has 2 aliphatic rings. The van der Waals surface area contributed by atoms with E-state index in [0.29, 0.717) is 12.0 Å². The summed E-state index contributed by atoms with van der Waals surface area (Å²) in [6.45, 7) is 6.66. The molecule has 20 heavy (non-hydrogen) atoms. The quantitative estimate of drug-likeness (QED) is 0.740. The van der Waals surface area contributed by atoms with Gasteiger partial charge in [0.2, 0.25) is 0 Å². The SMILES string of the molecule is CNC(C#N)(CN(CCC(C)C)C1CCCC1)C1CC1. The van der Waals surface area contributed by atoms with E-state index in [9.17, 15) is 5.26 Å². The van der Waals surface area contributed by atoms with Gasteiger partial charge in [-0.05, 0) is 57.5 Å². The van der Waals surface area contributed by atoms with Crippen LogP contribution in [-0.2, 0) is 0 Å². The van der Waals surface area contributed by atoms with E-state index in [4.69, 9.17) is 0 Å². The van der Waals surface area contributed by atoms with Crippen molar-refractivity contribution < 1.29 is 0 Å². The van der Waals surface area contributed by atoms with Crippen molar-refractivity contribution in [2.45, 2.75) is 70.4 Å². The minimum atomic E-state index is -0.306. The van der Waals surface area contributed by atoms with Gasteiger partial charge in [0.1, 0.15) is 5.54 Å². The summed E-state index contributed by atoms with van der Waals surface area (Å²) in [5, 5.41) is 13.1. The molecule has 0 aromatic heterocycles. The highest BCUT2D eigenvalue weighted by Crippen LogP contribution is 2.40. The van der Waals surface area contributed by atoms with E-state index in [1.165, 1.54) is 44.9 Å². The fourth-order valence-electron chi connectivity index (χ4n) is 3.58. The maximum absolute atomic E-state index is 9.72. The van der Waals surface area contributed by atoms with E-state index < -0.39 is 0 Å². The van der Waals surface area contributed by atoms with E-state index >= 15 is 0 Å². The van der Waals surface area contributed by atoms with Crippen LogP contribution in [0.3, 0.4) is 0 Å². The van der Waals surface area contributed by atoms with Gasteiger partial charge in [-0.1, -0.05) is 26.7 Å². The highest BCUT2D eigenvalue weighted by Gasteiger charge is 2.46. The highest BCUT2D eigenvalue weighted by atomic mass is 15.2. The zero-order chi connectivity index (χ0) is 14.6. The lowest BCUT2D eigenvalue weighted by Gasteiger charge is -2.37. The van der Waals surface area contributed by atoms with Gasteiger partial charge in [0, 0.05) is 12.6 Å². The first-order chi connectivity index (χ1) is 9.61. The molecule has 0 aliphatic heterocycles. The van der Waals surface area contributed by atoms with E-state index in [1.807, 2.05) is 7.05 Å². The normalized spacial score (nSPS) is 23.2.